The zero-order valence-electron chi connectivity index (χ0n) is 16.8. The minimum atomic E-state index is -3.16. The van der Waals surface area contributed by atoms with Crippen LogP contribution in [0.15, 0.2) is 29.5 Å². The van der Waals surface area contributed by atoms with Crippen LogP contribution in [0, 0.1) is 6.92 Å². The third-order valence-electron chi connectivity index (χ3n) is 5.26. The fourth-order valence-electron chi connectivity index (χ4n) is 3.55. The summed E-state index contributed by atoms with van der Waals surface area (Å²) in [4.78, 5) is 30.1. The van der Waals surface area contributed by atoms with Crippen LogP contribution in [-0.4, -0.2) is 53.5 Å². The van der Waals surface area contributed by atoms with Crippen molar-refractivity contribution in [3.05, 3.63) is 45.4 Å². The molecule has 0 saturated carbocycles. The molecule has 2 aliphatic rings. The smallest absolute Gasteiger partial charge is 0.273 e. The van der Waals surface area contributed by atoms with Gasteiger partial charge in [0.1, 0.15) is 5.71 Å². The van der Waals surface area contributed by atoms with Crippen molar-refractivity contribution in [1.29, 1.82) is 0 Å². The molecule has 0 aliphatic carbocycles. The summed E-state index contributed by atoms with van der Waals surface area (Å²) < 4.78 is 23.5. The summed E-state index contributed by atoms with van der Waals surface area (Å²) in [6, 6.07) is 5.38. The number of rotatable bonds is 5. The average Bonchev–Trinajstić information content (AvgIpc) is 3.30. The van der Waals surface area contributed by atoms with E-state index in [1.54, 1.807) is 6.20 Å². The van der Waals surface area contributed by atoms with E-state index in [2.05, 4.69) is 15.4 Å². The molecule has 164 valence electrons. The highest BCUT2D eigenvalue weighted by atomic mass is 35.5. The van der Waals surface area contributed by atoms with Crippen LogP contribution in [0.25, 0.3) is 0 Å². The minimum Gasteiger partial charge on any atom is -0.297 e. The Bertz CT molecular complexity index is 1180. The van der Waals surface area contributed by atoms with Gasteiger partial charge in [0, 0.05) is 35.4 Å². The van der Waals surface area contributed by atoms with Crippen molar-refractivity contribution in [2.24, 2.45) is 5.10 Å². The Hall–Kier alpha value is -2.30. The molecule has 1 fully saturated rings. The number of thiazole rings is 1. The maximum absolute atomic E-state index is 12.7. The van der Waals surface area contributed by atoms with Gasteiger partial charge < -0.3 is 0 Å². The molecule has 1 aromatic heterocycles. The van der Waals surface area contributed by atoms with Crippen LogP contribution >= 0.6 is 22.9 Å². The van der Waals surface area contributed by atoms with E-state index >= 15 is 0 Å². The number of halogens is 1. The van der Waals surface area contributed by atoms with Crippen LogP contribution in [0.2, 0.25) is 5.02 Å². The molecule has 1 saturated heterocycles. The van der Waals surface area contributed by atoms with Crippen LogP contribution in [-0.2, 0) is 25.8 Å². The van der Waals surface area contributed by atoms with Crippen molar-refractivity contribution in [3.63, 3.8) is 0 Å². The molecule has 2 amide bonds. The van der Waals surface area contributed by atoms with Crippen LogP contribution < -0.4 is 5.32 Å². The normalized spacial score (nSPS) is 20.6. The van der Waals surface area contributed by atoms with Crippen molar-refractivity contribution in [2.45, 2.75) is 38.6 Å². The highest BCUT2D eigenvalue weighted by Gasteiger charge is 2.37. The number of hydrogen-bond acceptors (Lipinski definition) is 7. The SMILES string of the molecule is Cc1ccc(Cc2cnc(NC(=O)C3=NN(C4CCS(=O)(=O)C4)C(=O)CC3)s2)cc1Cl. The quantitative estimate of drug-likeness (QED) is 0.707. The molecule has 1 aromatic carbocycles. The van der Waals surface area contributed by atoms with Gasteiger partial charge in [-0.05, 0) is 30.5 Å². The molecule has 3 heterocycles. The van der Waals surface area contributed by atoms with E-state index in [0.717, 1.165) is 16.0 Å². The van der Waals surface area contributed by atoms with Gasteiger partial charge in [0.15, 0.2) is 15.0 Å². The molecule has 0 bridgehead atoms. The van der Waals surface area contributed by atoms with Gasteiger partial charge in [-0.1, -0.05) is 23.7 Å². The monoisotopic (exact) mass is 480 g/mol. The number of hydrogen-bond donors (Lipinski definition) is 1. The van der Waals surface area contributed by atoms with E-state index in [1.165, 1.54) is 16.3 Å². The predicted molar refractivity (Wildman–Crippen MR) is 120 cm³/mol. The largest absolute Gasteiger partial charge is 0.297 e. The van der Waals surface area contributed by atoms with Crippen molar-refractivity contribution < 1.29 is 18.0 Å². The third kappa shape index (κ3) is 5.13. The molecule has 31 heavy (non-hydrogen) atoms. The summed E-state index contributed by atoms with van der Waals surface area (Å²) in [5.41, 5.74) is 2.26. The van der Waals surface area contributed by atoms with Gasteiger partial charge in [-0.2, -0.15) is 5.10 Å². The summed E-state index contributed by atoms with van der Waals surface area (Å²) in [6.45, 7) is 1.95. The van der Waals surface area contributed by atoms with E-state index in [0.29, 0.717) is 23.0 Å². The molecule has 11 heteroatoms. The second-order valence-corrected chi connectivity index (χ2v) is 11.4. The Balaban J connectivity index is 1.42. The Morgan fingerprint density at radius 3 is 2.87 bits per heavy atom. The Morgan fingerprint density at radius 1 is 1.35 bits per heavy atom. The Labute approximate surface area is 189 Å². The highest BCUT2D eigenvalue weighted by Crippen LogP contribution is 2.25. The topological polar surface area (TPSA) is 109 Å². The van der Waals surface area contributed by atoms with E-state index in [-0.39, 0.29) is 36.0 Å². The molecule has 1 atom stereocenters. The van der Waals surface area contributed by atoms with Crippen LogP contribution in [0.5, 0.6) is 0 Å². The number of nitrogens with zero attached hydrogens (tertiary/aromatic N) is 3. The predicted octanol–water partition coefficient (Wildman–Crippen LogP) is 2.80. The molecule has 1 N–H and O–H groups in total. The van der Waals surface area contributed by atoms with Gasteiger partial charge in [0.05, 0.1) is 17.5 Å². The fraction of sp³-hybridized carbons (Fsp3) is 0.400. The first-order valence-electron chi connectivity index (χ1n) is 9.81. The molecule has 2 aromatic rings. The van der Waals surface area contributed by atoms with Gasteiger partial charge >= 0.3 is 0 Å². The zero-order chi connectivity index (χ0) is 22.2. The van der Waals surface area contributed by atoms with Gasteiger partial charge in [0.25, 0.3) is 5.91 Å². The van der Waals surface area contributed by atoms with Gasteiger partial charge in [-0.3, -0.25) is 14.9 Å². The van der Waals surface area contributed by atoms with Gasteiger partial charge in [-0.15, -0.1) is 11.3 Å². The summed E-state index contributed by atoms with van der Waals surface area (Å²) in [5.74, 6) is -0.771. The number of sulfone groups is 1. The van der Waals surface area contributed by atoms with Crippen LogP contribution in [0.3, 0.4) is 0 Å². The molecule has 0 radical (unpaired) electrons. The summed E-state index contributed by atoms with van der Waals surface area (Å²) in [5, 5.41) is 9.25. The average molecular weight is 481 g/mol. The standard InChI is InChI=1S/C20H21ClN4O4S2/c1-12-2-3-13(9-16(12)21)8-15-10-22-20(30-15)23-19(27)17-4-5-18(26)25(24-17)14-6-7-31(28,29)11-14/h2-3,9-10,14H,4-8,11H2,1H3,(H,22,23,27). The Morgan fingerprint density at radius 2 is 2.16 bits per heavy atom. The second kappa shape index (κ2) is 8.68. The molecule has 8 nitrogen and oxygen atoms in total. The van der Waals surface area contributed by atoms with Gasteiger partial charge in [-0.25, -0.2) is 18.4 Å². The highest BCUT2D eigenvalue weighted by molar-refractivity contribution is 7.91. The number of hydrazone groups is 1. The number of anilines is 1. The van der Waals surface area contributed by atoms with Crippen molar-refractivity contribution >= 4 is 55.4 Å². The first kappa shape index (κ1) is 21.9. The first-order chi connectivity index (χ1) is 14.7. The fourth-order valence-corrected chi connectivity index (χ4v) is 6.29. The number of aryl methyl sites for hydroxylation is 1. The third-order valence-corrected chi connectivity index (χ3v) is 8.33. The molecular formula is C20H21ClN4O4S2. The maximum atomic E-state index is 12.7. The first-order valence-corrected chi connectivity index (χ1v) is 12.8. The van der Waals surface area contributed by atoms with Crippen LogP contribution in [0.1, 0.15) is 35.3 Å². The lowest BCUT2D eigenvalue weighted by atomic mass is 10.1. The lowest BCUT2D eigenvalue weighted by Gasteiger charge is -2.27. The number of carbonyl (C=O) groups is 2. The maximum Gasteiger partial charge on any atom is 0.273 e. The Kier molecular flexibility index (Phi) is 6.14. The molecule has 2 aliphatic heterocycles. The zero-order valence-corrected chi connectivity index (χ0v) is 19.2. The summed E-state index contributed by atoms with van der Waals surface area (Å²) in [6.07, 6.45) is 3.02. The number of benzene rings is 1. The molecular weight excluding hydrogens is 460 g/mol. The van der Waals surface area contributed by atoms with E-state index in [1.807, 2.05) is 25.1 Å². The molecule has 0 spiro atoms. The number of aromatic nitrogens is 1. The molecule has 1 unspecified atom stereocenters. The van der Waals surface area contributed by atoms with Crippen molar-refractivity contribution in [3.8, 4) is 0 Å². The van der Waals surface area contributed by atoms with Gasteiger partial charge in [0.2, 0.25) is 5.91 Å². The minimum absolute atomic E-state index is 0.0343. The van der Waals surface area contributed by atoms with Crippen molar-refractivity contribution in [2.75, 3.05) is 16.8 Å². The summed E-state index contributed by atoms with van der Waals surface area (Å²) in [7, 11) is -3.16. The number of carbonyl (C=O) groups excluding carboxylic acids is 2. The summed E-state index contributed by atoms with van der Waals surface area (Å²) >= 11 is 7.54. The molecule has 4 rings (SSSR count). The number of amides is 2. The van der Waals surface area contributed by atoms with Crippen molar-refractivity contribution in [1.82, 2.24) is 9.99 Å². The van der Waals surface area contributed by atoms with Crippen LogP contribution in [0.4, 0.5) is 5.13 Å². The number of nitrogens with one attached hydrogen (secondary N) is 1. The second-order valence-electron chi connectivity index (χ2n) is 7.69. The lowest BCUT2D eigenvalue weighted by Crippen LogP contribution is -2.42. The lowest BCUT2D eigenvalue weighted by molar-refractivity contribution is -0.133. The van der Waals surface area contributed by atoms with E-state index in [9.17, 15) is 18.0 Å². The van der Waals surface area contributed by atoms with E-state index in [4.69, 9.17) is 11.6 Å². The van der Waals surface area contributed by atoms with E-state index < -0.39 is 21.8 Å².